The van der Waals surface area contributed by atoms with Crippen LogP contribution in [-0.2, 0) is 12.0 Å². The fourth-order valence-corrected chi connectivity index (χ4v) is 5.79. The van der Waals surface area contributed by atoms with Crippen LogP contribution in [0.25, 0.3) is 10.9 Å². The van der Waals surface area contributed by atoms with E-state index in [0.29, 0.717) is 0 Å². The van der Waals surface area contributed by atoms with Crippen LogP contribution in [-0.4, -0.2) is 39.8 Å². The van der Waals surface area contributed by atoms with Gasteiger partial charge in [-0.05, 0) is 25.5 Å². The minimum atomic E-state index is -0.683. The highest BCUT2D eigenvalue weighted by atomic mass is 16.3. The summed E-state index contributed by atoms with van der Waals surface area (Å²) in [7, 11) is 0. The van der Waals surface area contributed by atoms with Crippen LogP contribution in [0.2, 0.25) is 0 Å². The van der Waals surface area contributed by atoms with Gasteiger partial charge in [0.25, 0.3) is 0 Å². The fraction of sp³-hybridized carbons (Fsp3) is 0.474. The summed E-state index contributed by atoms with van der Waals surface area (Å²) in [5.74, 6) is 0. The van der Waals surface area contributed by atoms with Gasteiger partial charge in [-0.25, -0.2) is 0 Å². The lowest BCUT2D eigenvalue weighted by atomic mass is 9.74. The van der Waals surface area contributed by atoms with Crippen molar-refractivity contribution in [3.8, 4) is 0 Å². The highest BCUT2D eigenvalue weighted by molar-refractivity contribution is 5.85. The third-order valence-electron chi connectivity index (χ3n) is 7.10. The number of hydrogen-bond donors (Lipinski definition) is 2. The second kappa shape index (κ2) is 3.66. The minimum Gasteiger partial charge on any atom is -0.378 e. The average Bonchev–Trinajstić information content (AvgIpc) is 3.08. The van der Waals surface area contributed by atoms with Crippen LogP contribution in [0.3, 0.4) is 0 Å². The lowest BCUT2D eigenvalue weighted by Gasteiger charge is -2.47. The molecule has 3 aliphatic rings. The molecule has 0 unspecified atom stereocenters. The zero-order valence-corrected chi connectivity index (χ0v) is 13.3. The second-order valence-corrected chi connectivity index (χ2v) is 7.52. The number of rotatable bonds is 0. The lowest BCUT2D eigenvalue weighted by molar-refractivity contribution is -0.962. The highest BCUT2D eigenvalue weighted by Gasteiger charge is 2.75. The maximum absolute atomic E-state index is 11.6. The molecule has 3 heteroatoms. The molecular weight excluding hydrogens is 272 g/mol. The molecule has 114 valence electrons. The van der Waals surface area contributed by atoms with E-state index in [-0.39, 0.29) is 5.54 Å². The minimum absolute atomic E-state index is 0.221. The molecular formula is C19H23N2O+. The summed E-state index contributed by atoms with van der Waals surface area (Å²) in [5, 5.41) is 13.0. The van der Waals surface area contributed by atoms with Crippen molar-refractivity contribution >= 4 is 10.9 Å². The first-order valence-corrected chi connectivity index (χ1v) is 8.40. The maximum Gasteiger partial charge on any atom is 0.171 e. The molecule has 3 atom stereocenters. The molecule has 2 fully saturated rings. The normalized spacial score (nSPS) is 41.1. The van der Waals surface area contributed by atoms with E-state index in [1.165, 1.54) is 27.7 Å². The number of quaternary nitrogens is 1. The Morgan fingerprint density at radius 2 is 2.09 bits per heavy atom. The zero-order chi connectivity index (χ0) is 15.2. The number of para-hydroxylation sites is 1. The number of nitrogens with one attached hydrogen (secondary N) is 1. The molecule has 0 spiro atoms. The third-order valence-corrected chi connectivity index (χ3v) is 7.10. The zero-order valence-electron chi connectivity index (χ0n) is 13.3. The third kappa shape index (κ3) is 1.10. The van der Waals surface area contributed by atoms with E-state index in [4.69, 9.17) is 0 Å². The van der Waals surface area contributed by atoms with Crippen LogP contribution in [0.15, 0.2) is 35.9 Å². The molecule has 1 aromatic carbocycles. The van der Waals surface area contributed by atoms with Crippen LogP contribution in [0, 0.1) is 0 Å². The Hall–Kier alpha value is -1.58. The Bertz CT molecular complexity index is 835. The number of fused-ring (bicyclic) bond motifs is 3. The molecule has 5 rings (SSSR count). The highest BCUT2D eigenvalue weighted by Crippen LogP contribution is 2.62. The van der Waals surface area contributed by atoms with Crippen molar-refractivity contribution in [1.29, 1.82) is 0 Å². The fourth-order valence-electron chi connectivity index (χ4n) is 5.79. The van der Waals surface area contributed by atoms with Crippen LogP contribution in [0.5, 0.6) is 0 Å². The van der Waals surface area contributed by atoms with E-state index in [0.717, 1.165) is 37.0 Å². The quantitative estimate of drug-likeness (QED) is 0.569. The van der Waals surface area contributed by atoms with Gasteiger partial charge < -0.3 is 14.6 Å². The Morgan fingerprint density at radius 3 is 2.91 bits per heavy atom. The number of H-pyrrole nitrogens is 1. The standard InChI is InChI=1S/C19H23N2O/c1-3-13-12-21-10-8-15-14-6-4-5-7-16(14)20-17(15)18(21,2)19(13,22)9-11-21/h3-7,20,22H,8-12H2,1-2H3/q+1/b13-3+/t18-,19+,21+/m1/s1. The van der Waals surface area contributed by atoms with Crippen molar-refractivity contribution in [2.24, 2.45) is 0 Å². The van der Waals surface area contributed by atoms with Crippen molar-refractivity contribution < 1.29 is 9.59 Å². The molecule has 4 heterocycles. The maximum atomic E-state index is 11.6. The van der Waals surface area contributed by atoms with Crippen LogP contribution < -0.4 is 0 Å². The molecule has 0 amide bonds. The predicted octanol–water partition coefficient (Wildman–Crippen LogP) is 2.85. The van der Waals surface area contributed by atoms with Crippen molar-refractivity contribution in [3.63, 3.8) is 0 Å². The van der Waals surface area contributed by atoms with Crippen molar-refractivity contribution in [2.45, 2.75) is 37.8 Å². The van der Waals surface area contributed by atoms with Gasteiger partial charge in [-0.1, -0.05) is 24.3 Å². The number of allylic oxidation sites excluding steroid dienone is 1. The molecule has 2 N–H and O–H groups in total. The Labute approximate surface area is 130 Å². The first kappa shape index (κ1) is 12.9. The van der Waals surface area contributed by atoms with Crippen molar-refractivity contribution in [3.05, 3.63) is 47.2 Å². The molecule has 2 aromatic rings. The second-order valence-electron chi connectivity index (χ2n) is 7.52. The van der Waals surface area contributed by atoms with Gasteiger partial charge in [-0.3, -0.25) is 0 Å². The Balaban J connectivity index is 1.86. The summed E-state index contributed by atoms with van der Waals surface area (Å²) in [6, 6.07) is 8.59. The first-order chi connectivity index (χ1) is 10.6. The number of nitrogens with zero attached hydrogens (tertiary/aromatic N) is 1. The van der Waals surface area contributed by atoms with Gasteiger partial charge >= 0.3 is 0 Å². The molecule has 3 aliphatic heterocycles. The smallest absolute Gasteiger partial charge is 0.171 e. The summed E-state index contributed by atoms with van der Waals surface area (Å²) in [5.41, 5.74) is 4.28. The summed E-state index contributed by atoms with van der Waals surface area (Å²) >= 11 is 0. The molecule has 0 radical (unpaired) electrons. The van der Waals surface area contributed by atoms with Crippen LogP contribution in [0.4, 0.5) is 0 Å². The number of aliphatic hydroxyl groups is 1. The number of aromatic amines is 1. The molecule has 22 heavy (non-hydrogen) atoms. The Morgan fingerprint density at radius 1 is 1.27 bits per heavy atom. The first-order valence-electron chi connectivity index (χ1n) is 8.40. The van der Waals surface area contributed by atoms with Crippen LogP contribution >= 0.6 is 0 Å². The van der Waals surface area contributed by atoms with E-state index in [1.807, 2.05) is 0 Å². The topological polar surface area (TPSA) is 36.0 Å². The molecule has 0 saturated carbocycles. The summed E-state index contributed by atoms with van der Waals surface area (Å²) in [4.78, 5) is 3.69. The van der Waals surface area contributed by atoms with Gasteiger partial charge in [0, 0.05) is 29.3 Å². The van der Waals surface area contributed by atoms with E-state index in [1.54, 1.807) is 0 Å². The van der Waals surface area contributed by atoms with E-state index < -0.39 is 5.60 Å². The monoisotopic (exact) mass is 295 g/mol. The number of hydrogen-bond acceptors (Lipinski definition) is 1. The van der Waals surface area contributed by atoms with Gasteiger partial charge in [-0.2, -0.15) is 0 Å². The summed E-state index contributed by atoms with van der Waals surface area (Å²) in [6.07, 6.45) is 4.16. The molecule has 3 nitrogen and oxygen atoms in total. The van der Waals surface area contributed by atoms with Gasteiger partial charge in [-0.15, -0.1) is 0 Å². The summed E-state index contributed by atoms with van der Waals surface area (Å²) in [6.45, 7) is 7.63. The predicted molar refractivity (Wildman–Crippen MR) is 87.5 cm³/mol. The van der Waals surface area contributed by atoms with E-state index >= 15 is 0 Å². The number of aromatic nitrogens is 1. The van der Waals surface area contributed by atoms with Gasteiger partial charge in [0.05, 0.1) is 18.8 Å². The largest absolute Gasteiger partial charge is 0.378 e. The molecule has 2 saturated heterocycles. The average molecular weight is 295 g/mol. The van der Waals surface area contributed by atoms with Gasteiger partial charge in [0.2, 0.25) is 0 Å². The van der Waals surface area contributed by atoms with Crippen molar-refractivity contribution in [2.75, 3.05) is 19.6 Å². The SMILES string of the molecule is C/C=C1\C[N@@+]23CCc4c([nH]c5ccccc45)[C@]2(C)[C@]1(O)CC3. The molecule has 0 aliphatic carbocycles. The lowest BCUT2D eigenvalue weighted by Crippen LogP contribution is -2.61. The molecule has 1 aromatic heterocycles. The summed E-state index contributed by atoms with van der Waals surface area (Å²) < 4.78 is 1.03. The number of benzene rings is 1. The van der Waals surface area contributed by atoms with Gasteiger partial charge in [0.1, 0.15) is 6.54 Å². The Kier molecular flexibility index (Phi) is 2.15. The molecule has 2 bridgehead atoms. The number of piperidine rings is 1. The van der Waals surface area contributed by atoms with Gasteiger partial charge in [0.15, 0.2) is 11.1 Å². The van der Waals surface area contributed by atoms with Crippen LogP contribution in [0.1, 0.15) is 31.5 Å². The van der Waals surface area contributed by atoms with E-state index in [2.05, 4.69) is 49.2 Å². The van der Waals surface area contributed by atoms with Crippen molar-refractivity contribution in [1.82, 2.24) is 4.98 Å². The van der Waals surface area contributed by atoms with E-state index in [9.17, 15) is 5.11 Å².